The molecule has 1 N–H and O–H groups in total. The van der Waals surface area contributed by atoms with Gasteiger partial charge >= 0.3 is 6.18 Å². The third kappa shape index (κ3) is 3.17. The fourth-order valence-electron chi connectivity index (χ4n) is 1.87. The average molecular weight is 270 g/mol. The number of aliphatic hydroxyl groups is 1. The summed E-state index contributed by atoms with van der Waals surface area (Å²) >= 11 is 0. The van der Waals surface area contributed by atoms with Crippen molar-refractivity contribution in [2.75, 3.05) is 0 Å². The highest BCUT2D eigenvalue weighted by molar-refractivity contribution is 5.63. The van der Waals surface area contributed by atoms with Crippen LogP contribution in [0.15, 0.2) is 40.8 Å². The molecule has 102 valence electrons. The van der Waals surface area contributed by atoms with Crippen LogP contribution in [0.1, 0.15) is 18.2 Å². The topological polar surface area (TPSA) is 33.4 Å². The Morgan fingerprint density at radius 3 is 2.47 bits per heavy atom. The second kappa shape index (κ2) is 5.09. The molecule has 1 heterocycles. The van der Waals surface area contributed by atoms with Crippen LogP contribution in [-0.2, 0) is 12.6 Å². The van der Waals surface area contributed by atoms with E-state index in [1.807, 2.05) is 0 Å². The number of benzene rings is 1. The van der Waals surface area contributed by atoms with Crippen LogP contribution < -0.4 is 0 Å². The summed E-state index contributed by atoms with van der Waals surface area (Å²) in [4.78, 5) is 0. The molecule has 0 saturated carbocycles. The zero-order chi connectivity index (χ0) is 14.0. The number of furan rings is 1. The molecule has 19 heavy (non-hydrogen) atoms. The molecule has 0 bridgehead atoms. The summed E-state index contributed by atoms with van der Waals surface area (Å²) in [5.41, 5.74) is -0.722. The van der Waals surface area contributed by atoms with Crippen LogP contribution in [0.25, 0.3) is 11.3 Å². The van der Waals surface area contributed by atoms with Gasteiger partial charge in [0.15, 0.2) is 0 Å². The van der Waals surface area contributed by atoms with Crippen molar-refractivity contribution in [3.63, 3.8) is 0 Å². The summed E-state index contributed by atoms with van der Waals surface area (Å²) < 4.78 is 44.0. The maximum absolute atomic E-state index is 12.9. The minimum Gasteiger partial charge on any atom is -0.461 e. The quantitative estimate of drug-likeness (QED) is 0.918. The van der Waals surface area contributed by atoms with E-state index in [1.165, 1.54) is 24.3 Å². The molecule has 2 rings (SSSR count). The van der Waals surface area contributed by atoms with Gasteiger partial charge in [-0.25, -0.2) is 0 Å². The third-order valence-electron chi connectivity index (χ3n) is 2.66. The van der Waals surface area contributed by atoms with Gasteiger partial charge in [0.2, 0.25) is 0 Å². The smallest absolute Gasteiger partial charge is 0.417 e. The average Bonchev–Trinajstić information content (AvgIpc) is 2.75. The fraction of sp³-hybridized carbons (Fsp3) is 0.286. The second-order valence-corrected chi connectivity index (χ2v) is 4.36. The van der Waals surface area contributed by atoms with Gasteiger partial charge in [0.25, 0.3) is 0 Å². The summed E-state index contributed by atoms with van der Waals surface area (Å²) in [6, 6.07) is 8.32. The van der Waals surface area contributed by atoms with E-state index in [0.29, 0.717) is 5.76 Å². The standard InChI is InChI=1S/C14H13F3O2/c1-9(18)8-10-6-7-13(19-10)11-4-2-3-5-12(11)14(15,16)17/h2-7,9,18H,8H2,1H3. The first-order chi connectivity index (χ1) is 8.88. The predicted octanol–water partition coefficient (Wildman–Crippen LogP) is 3.89. The molecule has 0 aliphatic rings. The first-order valence-electron chi connectivity index (χ1n) is 5.81. The van der Waals surface area contributed by atoms with Crippen molar-refractivity contribution in [3.8, 4) is 11.3 Å². The number of hydrogen-bond acceptors (Lipinski definition) is 2. The van der Waals surface area contributed by atoms with E-state index in [1.54, 1.807) is 13.0 Å². The monoisotopic (exact) mass is 270 g/mol. The normalized spacial score (nSPS) is 13.5. The van der Waals surface area contributed by atoms with Crippen LogP contribution in [0, 0.1) is 0 Å². The van der Waals surface area contributed by atoms with Crippen molar-refractivity contribution in [2.45, 2.75) is 25.6 Å². The summed E-state index contributed by atoms with van der Waals surface area (Å²) in [7, 11) is 0. The summed E-state index contributed by atoms with van der Waals surface area (Å²) in [5.74, 6) is 0.616. The molecule has 1 atom stereocenters. The van der Waals surface area contributed by atoms with Crippen LogP contribution >= 0.6 is 0 Å². The van der Waals surface area contributed by atoms with Gasteiger partial charge in [0.05, 0.1) is 11.7 Å². The van der Waals surface area contributed by atoms with E-state index in [9.17, 15) is 18.3 Å². The molecule has 0 aliphatic heterocycles. The number of hydrogen-bond donors (Lipinski definition) is 1. The molecule has 1 unspecified atom stereocenters. The van der Waals surface area contributed by atoms with E-state index >= 15 is 0 Å². The zero-order valence-corrected chi connectivity index (χ0v) is 10.2. The Morgan fingerprint density at radius 1 is 1.16 bits per heavy atom. The van der Waals surface area contributed by atoms with Crippen molar-refractivity contribution in [3.05, 3.63) is 47.7 Å². The molecule has 0 saturated heterocycles. The van der Waals surface area contributed by atoms with Gasteiger partial charge in [-0.3, -0.25) is 0 Å². The molecule has 0 radical (unpaired) electrons. The van der Waals surface area contributed by atoms with Gasteiger partial charge in [-0.1, -0.05) is 18.2 Å². The fourth-order valence-corrected chi connectivity index (χ4v) is 1.87. The first-order valence-corrected chi connectivity index (χ1v) is 5.81. The SMILES string of the molecule is CC(O)Cc1ccc(-c2ccccc2C(F)(F)F)o1. The molecular formula is C14H13F3O2. The Labute approximate surface area is 108 Å². The van der Waals surface area contributed by atoms with Gasteiger partial charge in [-0.2, -0.15) is 13.2 Å². The molecule has 5 heteroatoms. The third-order valence-corrected chi connectivity index (χ3v) is 2.66. The van der Waals surface area contributed by atoms with Gasteiger partial charge in [-0.05, 0) is 25.1 Å². The van der Waals surface area contributed by atoms with E-state index in [2.05, 4.69) is 0 Å². The maximum Gasteiger partial charge on any atom is 0.417 e. The highest BCUT2D eigenvalue weighted by Crippen LogP contribution is 2.37. The van der Waals surface area contributed by atoms with Gasteiger partial charge in [0.1, 0.15) is 11.5 Å². The largest absolute Gasteiger partial charge is 0.461 e. The zero-order valence-electron chi connectivity index (χ0n) is 10.2. The Hall–Kier alpha value is -1.75. The molecule has 2 aromatic rings. The predicted molar refractivity (Wildman–Crippen MR) is 64.5 cm³/mol. The molecule has 0 amide bonds. The minimum atomic E-state index is -4.42. The minimum absolute atomic E-state index is 0.00634. The lowest BCUT2D eigenvalue weighted by molar-refractivity contribution is -0.137. The van der Waals surface area contributed by atoms with Crippen LogP contribution in [0.3, 0.4) is 0 Å². The van der Waals surface area contributed by atoms with Crippen molar-refractivity contribution in [1.29, 1.82) is 0 Å². The summed E-state index contributed by atoms with van der Waals surface area (Å²) in [5, 5.41) is 9.23. The van der Waals surface area contributed by atoms with E-state index in [4.69, 9.17) is 4.42 Å². The number of halogens is 3. The Balaban J connectivity index is 2.39. The lowest BCUT2D eigenvalue weighted by atomic mass is 10.1. The summed E-state index contributed by atoms with van der Waals surface area (Å²) in [6.07, 6.45) is -4.75. The Kier molecular flexibility index (Phi) is 3.66. The van der Waals surface area contributed by atoms with Gasteiger partial charge in [-0.15, -0.1) is 0 Å². The van der Waals surface area contributed by atoms with E-state index in [-0.39, 0.29) is 17.7 Å². The van der Waals surface area contributed by atoms with Crippen LogP contribution in [-0.4, -0.2) is 11.2 Å². The van der Waals surface area contributed by atoms with Crippen molar-refractivity contribution in [2.24, 2.45) is 0 Å². The molecule has 1 aromatic carbocycles. The number of alkyl halides is 3. The van der Waals surface area contributed by atoms with Crippen LogP contribution in [0.2, 0.25) is 0 Å². The summed E-state index contributed by atoms with van der Waals surface area (Å²) in [6.45, 7) is 1.59. The highest BCUT2D eigenvalue weighted by atomic mass is 19.4. The molecule has 0 spiro atoms. The van der Waals surface area contributed by atoms with Crippen molar-refractivity contribution in [1.82, 2.24) is 0 Å². The lowest BCUT2D eigenvalue weighted by Crippen LogP contribution is -2.06. The molecular weight excluding hydrogens is 257 g/mol. The number of aliphatic hydroxyl groups excluding tert-OH is 1. The van der Waals surface area contributed by atoms with E-state index < -0.39 is 17.8 Å². The van der Waals surface area contributed by atoms with Gasteiger partial charge < -0.3 is 9.52 Å². The van der Waals surface area contributed by atoms with Crippen LogP contribution in [0.5, 0.6) is 0 Å². The highest BCUT2D eigenvalue weighted by Gasteiger charge is 2.34. The maximum atomic E-state index is 12.9. The molecule has 1 aromatic heterocycles. The molecule has 0 aliphatic carbocycles. The van der Waals surface area contributed by atoms with Crippen molar-refractivity contribution < 1.29 is 22.7 Å². The van der Waals surface area contributed by atoms with Gasteiger partial charge in [0, 0.05) is 12.0 Å². The Bertz CT molecular complexity index is 556. The lowest BCUT2D eigenvalue weighted by Gasteiger charge is -2.10. The van der Waals surface area contributed by atoms with E-state index in [0.717, 1.165) is 6.07 Å². The first kappa shape index (κ1) is 13.7. The second-order valence-electron chi connectivity index (χ2n) is 4.36. The van der Waals surface area contributed by atoms with Crippen molar-refractivity contribution >= 4 is 0 Å². The van der Waals surface area contributed by atoms with Crippen LogP contribution in [0.4, 0.5) is 13.2 Å². The molecule has 0 fully saturated rings. The number of rotatable bonds is 3. The molecule has 2 nitrogen and oxygen atoms in total. The Morgan fingerprint density at radius 2 is 1.84 bits per heavy atom.